The minimum Gasteiger partial charge on any atom is -0.484 e. The van der Waals surface area contributed by atoms with Gasteiger partial charge in [-0.05, 0) is 42.8 Å². The van der Waals surface area contributed by atoms with Crippen LogP contribution in [0.4, 0.5) is 0 Å². The molecule has 0 saturated carbocycles. The van der Waals surface area contributed by atoms with Crippen molar-refractivity contribution in [1.82, 2.24) is 20.1 Å². The summed E-state index contributed by atoms with van der Waals surface area (Å²) in [5.41, 5.74) is 3.01. The van der Waals surface area contributed by atoms with Gasteiger partial charge in [0.15, 0.2) is 17.6 Å². The van der Waals surface area contributed by atoms with Crippen LogP contribution in [0.15, 0.2) is 78.0 Å². The number of benzene rings is 3. The Morgan fingerprint density at radius 2 is 1.85 bits per heavy atom. The topological polar surface area (TPSA) is 69.0 Å². The molecular formula is C25H22Cl2N4O2S. The lowest BCUT2D eigenvalue weighted by atomic mass is 10.2. The SMILES string of the molecule is Cc1cccc(CSc2nnc(CNC(=O)COc3ccccc3)n2-c2cc(Cl)ccc2Cl)c1. The maximum atomic E-state index is 12.4. The van der Waals surface area contributed by atoms with Crippen LogP contribution < -0.4 is 10.1 Å². The van der Waals surface area contributed by atoms with Crippen LogP contribution >= 0.6 is 35.0 Å². The second kappa shape index (κ2) is 11.4. The Hall–Kier alpha value is -3.00. The van der Waals surface area contributed by atoms with E-state index in [-0.39, 0.29) is 19.1 Å². The number of hydrogen-bond donors (Lipinski definition) is 1. The van der Waals surface area contributed by atoms with Crippen LogP contribution in [0.3, 0.4) is 0 Å². The molecule has 9 heteroatoms. The zero-order valence-corrected chi connectivity index (χ0v) is 20.7. The Labute approximate surface area is 212 Å². The summed E-state index contributed by atoms with van der Waals surface area (Å²) < 4.78 is 7.34. The summed E-state index contributed by atoms with van der Waals surface area (Å²) >= 11 is 14.3. The number of thioether (sulfide) groups is 1. The zero-order chi connectivity index (χ0) is 23.9. The van der Waals surface area contributed by atoms with Gasteiger partial charge in [-0.2, -0.15) is 0 Å². The molecule has 0 radical (unpaired) electrons. The van der Waals surface area contributed by atoms with E-state index in [1.165, 1.54) is 22.9 Å². The van der Waals surface area contributed by atoms with Crippen LogP contribution in [0, 0.1) is 6.92 Å². The van der Waals surface area contributed by atoms with Crippen LogP contribution in [-0.2, 0) is 17.1 Å². The highest BCUT2D eigenvalue weighted by atomic mass is 35.5. The molecule has 0 aliphatic heterocycles. The Morgan fingerprint density at radius 1 is 1.03 bits per heavy atom. The zero-order valence-electron chi connectivity index (χ0n) is 18.4. The first-order chi connectivity index (χ1) is 16.5. The van der Waals surface area contributed by atoms with E-state index in [1.54, 1.807) is 30.3 Å². The summed E-state index contributed by atoms with van der Waals surface area (Å²) in [6, 6.07) is 22.7. The van der Waals surface area contributed by atoms with Gasteiger partial charge in [0.2, 0.25) is 0 Å². The normalized spacial score (nSPS) is 10.8. The standard InChI is InChI=1S/C25H22Cl2N4O2S/c1-17-6-5-7-18(12-17)16-34-25-30-29-23(31(25)22-13-19(26)10-11-21(22)27)14-28-24(32)15-33-20-8-3-2-4-9-20/h2-13H,14-16H2,1H3,(H,28,32). The van der Waals surface area contributed by atoms with Gasteiger partial charge in [0.1, 0.15) is 5.75 Å². The van der Waals surface area contributed by atoms with Crippen molar-refractivity contribution in [2.24, 2.45) is 0 Å². The average molecular weight is 513 g/mol. The maximum absolute atomic E-state index is 12.4. The third-order valence-electron chi connectivity index (χ3n) is 4.86. The first-order valence-corrected chi connectivity index (χ1v) is 12.3. The predicted octanol–water partition coefficient (Wildman–Crippen LogP) is 5.87. The van der Waals surface area contributed by atoms with Crippen LogP contribution in [0.2, 0.25) is 10.0 Å². The summed E-state index contributed by atoms with van der Waals surface area (Å²) in [7, 11) is 0. The molecule has 174 valence electrons. The van der Waals surface area contributed by atoms with Crippen molar-refractivity contribution >= 4 is 40.9 Å². The average Bonchev–Trinajstić information content (AvgIpc) is 3.25. The van der Waals surface area contributed by atoms with Crippen molar-refractivity contribution in [3.63, 3.8) is 0 Å². The monoisotopic (exact) mass is 512 g/mol. The Morgan fingerprint density at radius 3 is 2.65 bits per heavy atom. The molecule has 0 saturated heterocycles. The van der Waals surface area contributed by atoms with E-state index in [9.17, 15) is 4.79 Å². The summed E-state index contributed by atoms with van der Waals surface area (Å²) in [6.07, 6.45) is 0. The van der Waals surface area contributed by atoms with E-state index >= 15 is 0 Å². The highest BCUT2D eigenvalue weighted by Crippen LogP contribution is 2.31. The van der Waals surface area contributed by atoms with E-state index in [0.29, 0.717) is 38.2 Å². The van der Waals surface area contributed by atoms with Crippen LogP contribution in [0.5, 0.6) is 5.75 Å². The van der Waals surface area contributed by atoms with Crippen molar-refractivity contribution in [1.29, 1.82) is 0 Å². The first kappa shape index (κ1) is 24.1. The predicted molar refractivity (Wildman–Crippen MR) is 136 cm³/mol. The number of halogens is 2. The van der Waals surface area contributed by atoms with E-state index in [4.69, 9.17) is 27.9 Å². The number of carbonyl (C=O) groups excluding carboxylic acids is 1. The van der Waals surface area contributed by atoms with Crippen molar-refractivity contribution in [2.45, 2.75) is 24.4 Å². The number of amides is 1. The molecule has 1 amide bonds. The van der Waals surface area contributed by atoms with Crippen molar-refractivity contribution in [3.8, 4) is 11.4 Å². The van der Waals surface area contributed by atoms with Gasteiger partial charge in [-0.3, -0.25) is 9.36 Å². The molecule has 0 spiro atoms. The molecule has 6 nitrogen and oxygen atoms in total. The lowest BCUT2D eigenvalue weighted by molar-refractivity contribution is -0.123. The minimum absolute atomic E-state index is 0.106. The molecule has 0 aliphatic carbocycles. The first-order valence-electron chi connectivity index (χ1n) is 10.5. The highest BCUT2D eigenvalue weighted by molar-refractivity contribution is 7.98. The number of carbonyl (C=O) groups is 1. The second-order valence-corrected chi connectivity index (χ2v) is 9.27. The van der Waals surface area contributed by atoms with Gasteiger partial charge in [-0.25, -0.2) is 0 Å². The van der Waals surface area contributed by atoms with E-state index in [2.05, 4.69) is 40.6 Å². The molecule has 0 bridgehead atoms. The third kappa shape index (κ3) is 6.32. The van der Waals surface area contributed by atoms with E-state index in [0.717, 1.165) is 0 Å². The number of hydrogen-bond acceptors (Lipinski definition) is 5. The number of rotatable bonds is 9. The van der Waals surface area contributed by atoms with Gasteiger partial charge in [-0.15, -0.1) is 10.2 Å². The molecule has 0 unspecified atom stereocenters. The number of ether oxygens (including phenoxy) is 1. The van der Waals surface area contributed by atoms with Crippen molar-refractivity contribution in [2.75, 3.05) is 6.61 Å². The fourth-order valence-electron chi connectivity index (χ4n) is 3.25. The quantitative estimate of drug-likeness (QED) is 0.284. The number of aryl methyl sites for hydroxylation is 1. The lowest BCUT2D eigenvalue weighted by Crippen LogP contribution is -2.29. The van der Waals surface area contributed by atoms with Crippen LogP contribution in [-0.4, -0.2) is 27.3 Å². The molecular weight excluding hydrogens is 491 g/mol. The molecule has 1 aromatic heterocycles. The molecule has 3 aromatic carbocycles. The minimum atomic E-state index is -0.274. The van der Waals surface area contributed by atoms with Gasteiger partial charge >= 0.3 is 0 Å². The molecule has 0 aliphatic rings. The number of nitrogens with zero attached hydrogens (tertiary/aromatic N) is 3. The fourth-order valence-corrected chi connectivity index (χ4v) is 4.53. The van der Waals surface area contributed by atoms with E-state index < -0.39 is 0 Å². The third-order valence-corrected chi connectivity index (χ3v) is 6.41. The maximum Gasteiger partial charge on any atom is 0.258 e. The molecule has 4 rings (SSSR count). The summed E-state index contributed by atoms with van der Waals surface area (Å²) in [4.78, 5) is 12.4. The molecule has 1 heterocycles. The van der Waals surface area contributed by atoms with Gasteiger partial charge in [0, 0.05) is 10.8 Å². The summed E-state index contributed by atoms with van der Waals surface area (Å²) in [5, 5.41) is 13.2. The summed E-state index contributed by atoms with van der Waals surface area (Å²) in [6.45, 7) is 2.10. The molecule has 4 aromatic rings. The molecule has 0 fully saturated rings. The van der Waals surface area contributed by atoms with Gasteiger partial charge in [-0.1, -0.05) is 83.0 Å². The van der Waals surface area contributed by atoms with Gasteiger partial charge in [0.25, 0.3) is 5.91 Å². The van der Waals surface area contributed by atoms with Crippen molar-refractivity contribution < 1.29 is 9.53 Å². The Balaban J connectivity index is 1.52. The number of aromatic nitrogens is 3. The molecule has 34 heavy (non-hydrogen) atoms. The molecule has 0 atom stereocenters. The Bertz CT molecular complexity index is 1280. The van der Waals surface area contributed by atoms with Gasteiger partial charge in [0.05, 0.1) is 17.3 Å². The second-order valence-electron chi connectivity index (χ2n) is 7.49. The van der Waals surface area contributed by atoms with Crippen molar-refractivity contribution in [3.05, 3.63) is 99.8 Å². The van der Waals surface area contributed by atoms with Gasteiger partial charge < -0.3 is 10.1 Å². The smallest absolute Gasteiger partial charge is 0.258 e. The largest absolute Gasteiger partial charge is 0.484 e. The van der Waals surface area contributed by atoms with Crippen LogP contribution in [0.1, 0.15) is 17.0 Å². The van der Waals surface area contributed by atoms with Crippen LogP contribution in [0.25, 0.3) is 5.69 Å². The Kier molecular flexibility index (Phi) is 8.11. The fraction of sp³-hybridized carbons (Fsp3) is 0.160. The van der Waals surface area contributed by atoms with E-state index in [1.807, 2.05) is 28.8 Å². The summed E-state index contributed by atoms with van der Waals surface area (Å²) in [5.74, 6) is 1.59. The number of nitrogens with one attached hydrogen (secondary N) is 1. The lowest BCUT2D eigenvalue weighted by Gasteiger charge is -2.13. The molecule has 1 N–H and O–H groups in total. The number of para-hydroxylation sites is 1. The highest BCUT2D eigenvalue weighted by Gasteiger charge is 2.18.